The molecule has 0 aliphatic rings. The number of nitriles is 1. The summed E-state index contributed by atoms with van der Waals surface area (Å²) in [5.74, 6) is 0.220. The van der Waals surface area contributed by atoms with Gasteiger partial charge in [0.05, 0.1) is 26.9 Å². The number of hydrogen-bond acceptors (Lipinski definition) is 6. The summed E-state index contributed by atoms with van der Waals surface area (Å²) in [5.41, 5.74) is 1.82. The molecule has 2 aromatic carbocycles. The first kappa shape index (κ1) is 20.3. The number of nitrogens with zero attached hydrogens (tertiary/aromatic N) is 2. The van der Waals surface area contributed by atoms with Crippen LogP contribution in [0.15, 0.2) is 48.5 Å². The summed E-state index contributed by atoms with van der Waals surface area (Å²) in [7, 11) is 1.57. The lowest BCUT2D eigenvalue weighted by Crippen LogP contribution is -2.28. The quantitative estimate of drug-likeness (QED) is 0.572. The number of nitrogens with one attached hydrogen (secondary N) is 1. The van der Waals surface area contributed by atoms with Crippen LogP contribution in [-0.2, 0) is 4.74 Å². The molecule has 0 fully saturated rings. The number of pyridine rings is 1. The van der Waals surface area contributed by atoms with E-state index in [2.05, 4.69) is 16.4 Å². The number of carbonyl (C=O) groups is 1. The molecule has 7 heteroatoms. The number of amides is 1. The van der Waals surface area contributed by atoms with Gasteiger partial charge in [0.15, 0.2) is 0 Å². The number of rotatable bonds is 8. The Morgan fingerprint density at radius 2 is 1.97 bits per heavy atom. The molecule has 0 radical (unpaired) electrons. The highest BCUT2D eigenvalue weighted by Gasteiger charge is 2.20. The highest BCUT2D eigenvalue weighted by atomic mass is 16.5. The predicted molar refractivity (Wildman–Crippen MR) is 109 cm³/mol. The molecular formula is C22H21N3O4. The van der Waals surface area contributed by atoms with E-state index in [1.54, 1.807) is 25.3 Å². The average Bonchev–Trinajstić information content (AvgIpc) is 2.77. The Morgan fingerprint density at radius 3 is 2.66 bits per heavy atom. The smallest absolute Gasteiger partial charge is 0.270 e. The molecule has 0 aliphatic carbocycles. The van der Waals surface area contributed by atoms with E-state index in [-0.39, 0.29) is 37.8 Å². The molecule has 7 nitrogen and oxygen atoms in total. The van der Waals surface area contributed by atoms with Crippen molar-refractivity contribution in [2.45, 2.75) is 0 Å². The molecule has 3 rings (SSSR count). The Bertz CT molecular complexity index is 1050. The number of aliphatic hydroxyl groups excluding tert-OH is 1. The van der Waals surface area contributed by atoms with Gasteiger partial charge in [-0.1, -0.05) is 30.3 Å². The van der Waals surface area contributed by atoms with Crippen molar-refractivity contribution in [3.8, 4) is 22.9 Å². The predicted octanol–water partition coefficient (Wildman–Crippen LogP) is 2.52. The summed E-state index contributed by atoms with van der Waals surface area (Å²) in [5, 5.41) is 22.5. The van der Waals surface area contributed by atoms with Crippen LogP contribution in [0.4, 0.5) is 0 Å². The van der Waals surface area contributed by atoms with Crippen LogP contribution in [0.2, 0.25) is 0 Å². The lowest BCUT2D eigenvalue weighted by Gasteiger charge is -2.14. The minimum absolute atomic E-state index is 0.0750. The van der Waals surface area contributed by atoms with E-state index in [9.17, 15) is 10.1 Å². The van der Waals surface area contributed by atoms with E-state index in [0.29, 0.717) is 22.1 Å². The largest absolute Gasteiger partial charge is 0.497 e. The van der Waals surface area contributed by atoms with Gasteiger partial charge >= 0.3 is 0 Å². The molecule has 0 saturated carbocycles. The molecule has 1 amide bonds. The molecule has 0 spiro atoms. The standard InChI is InChI=1S/C22H21N3O4/c1-28-16-7-8-17-18(13-16)20(15-5-3-2-4-6-15)19(14-23)25-21(17)22(27)24-9-11-29-12-10-26/h2-8,13,26H,9-12H2,1H3,(H,24,27). The summed E-state index contributed by atoms with van der Waals surface area (Å²) in [6, 6.07) is 16.9. The van der Waals surface area contributed by atoms with Crippen molar-refractivity contribution in [1.82, 2.24) is 10.3 Å². The Morgan fingerprint density at radius 1 is 1.17 bits per heavy atom. The van der Waals surface area contributed by atoms with E-state index >= 15 is 0 Å². The number of hydrogen-bond donors (Lipinski definition) is 2. The Labute approximate surface area is 168 Å². The van der Waals surface area contributed by atoms with Gasteiger partial charge in [-0.15, -0.1) is 0 Å². The molecule has 0 atom stereocenters. The zero-order chi connectivity index (χ0) is 20.6. The van der Waals surface area contributed by atoms with Crippen molar-refractivity contribution in [2.75, 3.05) is 33.5 Å². The molecule has 3 aromatic rings. The van der Waals surface area contributed by atoms with Crippen molar-refractivity contribution in [1.29, 1.82) is 5.26 Å². The number of aromatic nitrogens is 1. The lowest BCUT2D eigenvalue weighted by molar-refractivity contribution is 0.0836. The zero-order valence-electron chi connectivity index (χ0n) is 16.0. The normalized spacial score (nSPS) is 10.5. The molecule has 0 saturated heterocycles. The van der Waals surface area contributed by atoms with Crippen LogP contribution >= 0.6 is 0 Å². The first-order valence-corrected chi connectivity index (χ1v) is 9.13. The van der Waals surface area contributed by atoms with Crippen molar-refractivity contribution < 1.29 is 19.4 Å². The van der Waals surface area contributed by atoms with Crippen LogP contribution in [-0.4, -0.2) is 49.5 Å². The summed E-state index contributed by atoms with van der Waals surface area (Å²) in [6.07, 6.45) is 0. The van der Waals surface area contributed by atoms with Gasteiger partial charge in [-0.3, -0.25) is 4.79 Å². The Kier molecular flexibility index (Phi) is 6.74. The van der Waals surface area contributed by atoms with E-state index in [1.807, 2.05) is 30.3 Å². The third kappa shape index (κ3) is 4.51. The summed E-state index contributed by atoms with van der Waals surface area (Å²) in [6.45, 7) is 0.668. The fraction of sp³-hybridized carbons (Fsp3) is 0.227. The SMILES string of the molecule is COc1ccc2c(C(=O)NCCOCCO)nc(C#N)c(-c3ccccc3)c2c1. The van der Waals surface area contributed by atoms with Crippen molar-refractivity contribution >= 4 is 16.7 Å². The number of carbonyl (C=O) groups excluding carboxylic acids is 1. The van der Waals surface area contributed by atoms with Crippen LogP contribution in [0.1, 0.15) is 16.2 Å². The number of methoxy groups -OCH3 is 1. The number of ether oxygens (including phenoxy) is 2. The second-order valence-corrected chi connectivity index (χ2v) is 6.17. The maximum Gasteiger partial charge on any atom is 0.270 e. The zero-order valence-corrected chi connectivity index (χ0v) is 16.0. The molecule has 2 N–H and O–H groups in total. The Hall–Kier alpha value is -3.47. The second-order valence-electron chi connectivity index (χ2n) is 6.17. The maximum absolute atomic E-state index is 12.7. The van der Waals surface area contributed by atoms with Gasteiger partial charge < -0.3 is 19.9 Å². The van der Waals surface area contributed by atoms with Crippen LogP contribution in [0, 0.1) is 11.3 Å². The third-order valence-electron chi connectivity index (χ3n) is 4.36. The van der Waals surface area contributed by atoms with Gasteiger partial charge in [0.25, 0.3) is 5.91 Å². The maximum atomic E-state index is 12.7. The van der Waals surface area contributed by atoms with E-state index < -0.39 is 5.91 Å². The summed E-state index contributed by atoms with van der Waals surface area (Å²) < 4.78 is 10.5. The van der Waals surface area contributed by atoms with Gasteiger partial charge in [-0.2, -0.15) is 5.26 Å². The number of aliphatic hydroxyl groups is 1. The van der Waals surface area contributed by atoms with Gasteiger partial charge in [0.1, 0.15) is 23.2 Å². The van der Waals surface area contributed by atoms with Gasteiger partial charge in [-0.25, -0.2) is 4.98 Å². The molecule has 148 valence electrons. The van der Waals surface area contributed by atoms with Gasteiger partial charge in [-0.05, 0) is 29.1 Å². The minimum Gasteiger partial charge on any atom is -0.497 e. The summed E-state index contributed by atoms with van der Waals surface area (Å²) >= 11 is 0. The summed E-state index contributed by atoms with van der Waals surface area (Å²) in [4.78, 5) is 17.1. The monoisotopic (exact) mass is 391 g/mol. The second kappa shape index (κ2) is 9.64. The van der Waals surface area contributed by atoms with E-state index in [4.69, 9.17) is 14.6 Å². The van der Waals surface area contributed by atoms with Crippen molar-refractivity contribution in [3.63, 3.8) is 0 Å². The molecule has 1 aromatic heterocycles. The average molecular weight is 391 g/mol. The van der Waals surface area contributed by atoms with E-state index in [1.165, 1.54) is 0 Å². The molecule has 0 unspecified atom stereocenters. The van der Waals surface area contributed by atoms with Crippen LogP contribution < -0.4 is 10.1 Å². The molecule has 0 bridgehead atoms. The highest BCUT2D eigenvalue weighted by Crippen LogP contribution is 2.34. The topological polar surface area (TPSA) is 104 Å². The van der Waals surface area contributed by atoms with Crippen LogP contribution in [0.25, 0.3) is 21.9 Å². The lowest BCUT2D eigenvalue weighted by atomic mass is 9.95. The fourth-order valence-electron chi connectivity index (χ4n) is 3.06. The first-order valence-electron chi connectivity index (χ1n) is 9.13. The number of fused-ring (bicyclic) bond motifs is 1. The highest BCUT2D eigenvalue weighted by molar-refractivity contribution is 6.10. The van der Waals surface area contributed by atoms with Crippen LogP contribution in [0.3, 0.4) is 0 Å². The molecule has 1 heterocycles. The van der Waals surface area contributed by atoms with Crippen molar-refractivity contribution in [2.24, 2.45) is 0 Å². The van der Waals surface area contributed by atoms with Gasteiger partial charge in [0, 0.05) is 17.5 Å². The molecular weight excluding hydrogens is 370 g/mol. The van der Waals surface area contributed by atoms with Crippen LogP contribution in [0.5, 0.6) is 5.75 Å². The molecule has 29 heavy (non-hydrogen) atoms. The first-order chi connectivity index (χ1) is 14.2. The van der Waals surface area contributed by atoms with E-state index in [0.717, 1.165) is 5.56 Å². The Balaban J connectivity index is 2.08. The van der Waals surface area contributed by atoms with Crippen molar-refractivity contribution in [3.05, 3.63) is 59.9 Å². The van der Waals surface area contributed by atoms with Gasteiger partial charge in [0.2, 0.25) is 0 Å². The minimum atomic E-state index is -0.399. The third-order valence-corrected chi connectivity index (χ3v) is 4.36. The molecule has 0 aliphatic heterocycles. The number of benzene rings is 2. The fourth-order valence-corrected chi connectivity index (χ4v) is 3.06.